The van der Waals surface area contributed by atoms with Gasteiger partial charge in [0.05, 0.1) is 10.6 Å². The van der Waals surface area contributed by atoms with E-state index in [0.29, 0.717) is 21.8 Å². The molecule has 1 aliphatic carbocycles. The Labute approximate surface area is 242 Å². The van der Waals surface area contributed by atoms with Gasteiger partial charge in [0.15, 0.2) is 0 Å². The maximum Gasteiger partial charge on any atom is 0.264 e. The molecule has 9 heteroatoms. The van der Waals surface area contributed by atoms with Gasteiger partial charge in [-0.15, -0.1) is 0 Å². The van der Waals surface area contributed by atoms with Gasteiger partial charge in [-0.05, 0) is 62.1 Å². The van der Waals surface area contributed by atoms with Crippen molar-refractivity contribution in [2.75, 3.05) is 10.8 Å². The van der Waals surface area contributed by atoms with Crippen LogP contribution in [0.1, 0.15) is 50.2 Å². The topological polar surface area (TPSA) is 86.8 Å². The molecule has 0 aliphatic heterocycles. The third kappa shape index (κ3) is 7.04. The summed E-state index contributed by atoms with van der Waals surface area (Å²) in [6.45, 7) is 3.06. The van der Waals surface area contributed by atoms with Crippen molar-refractivity contribution in [1.29, 1.82) is 0 Å². The third-order valence-electron chi connectivity index (χ3n) is 7.41. The van der Waals surface area contributed by atoms with E-state index < -0.39 is 28.5 Å². The van der Waals surface area contributed by atoms with Crippen LogP contribution in [0.4, 0.5) is 5.69 Å². The number of carbonyl (C=O) groups is 2. The molecule has 1 atom stereocenters. The highest BCUT2D eigenvalue weighted by molar-refractivity contribution is 7.92. The zero-order chi connectivity index (χ0) is 28.7. The quantitative estimate of drug-likeness (QED) is 0.332. The molecule has 0 heterocycles. The second-order valence-corrected chi connectivity index (χ2v) is 12.5. The van der Waals surface area contributed by atoms with E-state index in [0.717, 1.165) is 36.4 Å². The van der Waals surface area contributed by atoms with E-state index in [9.17, 15) is 18.0 Å². The van der Waals surface area contributed by atoms with E-state index >= 15 is 0 Å². The number of sulfonamides is 1. The molecule has 1 unspecified atom stereocenters. The summed E-state index contributed by atoms with van der Waals surface area (Å²) < 4.78 is 28.9. The van der Waals surface area contributed by atoms with Gasteiger partial charge in [0, 0.05) is 17.6 Å². The molecule has 3 aromatic carbocycles. The van der Waals surface area contributed by atoms with Crippen molar-refractivity contribution in [3.63, 3.8) is 0 Å². The van der Waals surface area contributed by atoms with Crippen molar-refractivity contribution in [3.05, 3.63) is 95.0 Å². The van der Waals surface area contributed by atoms with Crippen LogP contribution in [0.2, 0.25) is 5.02 Å². The predicted molar refractivity (Wildman–Crippen MR) is 159 cm³/mol. The van der Waals surface area contributed by atoms with Gasteiger partial charge in [0.1, 0.15) is 12.6 Å². The fraction of sp³-hybridized carbons (Fsp3) is 0.355. The van der Waals surface area contributed by atoms with Gasteiger partial charge in [-0.1, -0.05) is 85.5 Å². The molecule has 0 radical (unpaired) electrons. The Bertz CT molecular complexity index is 1430. The minimum Gasteiger partial charge on any atom is -0.352 e. The maximum absolute atomic E-state index is 14.1. The third-order valence-corrected chi connectivity index (χ3v) is 9.55. The molecular formula is C31H36ClN3O4S. The highest BCUT2D eigenvalue weighted by Crippen LogP contribution is 2.28. The van der Waals surface area contributed by atoms with Crippen LogP contribution < -0.4 is 9.62 Å². The second-order valence-electron chi connectivity index (χ2n) is 10.2. The van der Waals surface area contributed by atoms with Gasteiger partial charge in [-0.25, -0.2) is 8.42 Å². The number of para-hydroxylation sites is 1. The lowest BCUT2D eigenvalue weighted by molar-refractivity contribution is -0.139. The van der Waals surface area contributed by atoms with E-state index in [1.54, 1.807) is 68.4 Å². The molecule has 0 aromatic heterocycles. The standard InChI is InChI=1S/C31H36ClN3O4S/c1-23-13-9-12-20-29(23)35(40(38,39)27-17-7-4-8-18-27)22-30(36)34(21-25-14-10-11-19-28(25)32)24(2)31(37)33-26-15-5-3-6-16-26/h4,7-14,17-20,24,26H,3,5-6,15-16,21-22H2,1-2H3,(H,33,37). The number of carbonyl (C=O) groups excluding carboxylic acids is 2. The first kappa shape index (κ1) is 29.6. The van der Waals surface area contributed by atoms with E-state index in [2.05, 4.69) is 5.32 Å². The molecule has 1 fully saturated rings. The van der Waals surface area contributed by atoms with Crippen molar-refractivity contribution in [2.45, 2.75) is 69.5 Å². The zero-order valence-corrected chi connectivity index (χ0v) is 24.5. The summed E-state index contributed by atoms with van der Waals surface area (Å²) in [7, 11) is -4.10. The molecular weight excluding hydrogens is 546 g/mol. The SMILES string of the molecule is Cc1ccccc1N(CC(=O)N(Cc1ccccc1Cl)C(C)C(=O)NC1CCCCC1)S(=O)(=O)c1ccccc1. The number of anilines is 1. The number of amides is 2. The molecule has 40 heavy (non-hydrogen) atoms. The average Bonchev–Trinajstić information content (AvgIpc) is 2.96. The van der Waals surface area contributed by atoms with Crippen LogP contribution in [0.3, 0.4) is 0 Å². The van der Waals surface area contributed by atoms with Crippen LogP contribution in [0.5, 0.6) is 0 Å². The molecule has 212 valence electrons. The number of hydrogen-bond acceptors (Lipinski definition) is 4. The van der Waals surface area contributed by atoms with Crippen LogP contribution in [-0.2, 0) is 26.2 Å². The molecule has 3 aromatic rings. The number of benzene rings is 3. The Morgan fingerprint density at radius 2 is 1.55 bits per heavy atom. The first-order valence-electron chi connectivity index (χ1n) is 13.6. The molecule has 7 nitrogen and oxygen atoms in total. The molecule has 1 saturated carbocycles. The first-order valence-corrected chi connectivity index (χ1v) is 15.5. The first-order chi connectivity index (χ1) is 19.2. The van der Waals surface area contributed by atoms with Crippen molar-refractivity contribution >= 4 is 39.1 Å². The number of rotatable bonds is 10. The minimum absolute atomic E-state index is 0.0603. The van der Waals surface area contributed by atoms with E-state index in [4.69, 9.17) is 11.6 Å². The Morgan fingerprint density at radius 1 is 0.925 bits per heavy atom. The molecule has 1 N–H and O–H groups in total. The molecule has 2 amide bonds. The van der Waals surface area contributed by atoms with Gasteiger partial charge < -0.3 is 10.2 Å². The molecule has 1 aliphatic rings. The summed E-state index contributed by atoms with van der Waals surface area (Å²) in [5, 5.41) is 3.57. The highest BCUT2D eigenvalue weighted by atomic mass is 35.5. The minimum atomic E-state index is -4.10. The van der Waals surface area contributed by atoms with Crippen LogP contribution in [0.15, 0.2) is 83.8 Å². The largest absolute Gasteiger partial charge is 0.352 e. The fourth-order valence-electron chi connectivity index (χ4n) is 5.04. The predicted octanol–water partition coefficient (Wildman–Crippen LogP) is 5.71. The highest BCUT2D eigenvalue weighted by Gasteiger charge is 2.33. The van der Waals surface area contributed by atoms with E-state index in [1.807, 2.05) is 12.1 Å². The maximum atomic E-state index is 14.1. The molecule has 0 spiro atoms. The van der Waals surface area contributed by atoms with Crippen molar-refractivity contribution < 1.29 is 18.0 Å². The van der Waals surface area contributed by atoms with Gasteiger partial charge in [-0.2, -0.15) is 0 Å². The van der Waals surface area contributed by atoms with Crippen molar-refractivity contribution in [3.8, 4) is 0 Å². The van der Waals surface area contributed by atoms with Crippen LogP contribution in [-0.4, -0.2) is 43.8 Å². The van der Waals surface area contributed by atoms with Crippen LogP contribution in [0, 0.1) is 6.92 Å². The number of nitrogens with one attached hydrogen (secondary N) is 1. The lowest BCUT2D eigenvalue weighted by Gasteiger charge is -2.33. The van der Waals surface area contributed by atoms with Gasteiger partial charge in [0.2, 0.25) is 11.8 Å². The Balaban J connectivity index is 1.68. The van der Waals surface area contributed by atoms with Crippen molar-refractivity contribution in [1.82, 2.24) is 10.2 Å². The van der Waals surface area contributed by atoms with Crippen LogP contribution >= 0.6 is 11.6 Å². The molecule has 0 saturated heterocycles. The summed E-state index contributed by atoms with van der Waals surface area (Å²) >= 11 is 6.44. The molecule has 4 rings (SSSR count). The number of nitrogens with zero attached hydrogens (tertiary/aromatic N) is 2. The summed E-state index contributed by atoms with van der Waals surface area (Å²) in [4.78, 5) is 29.0. The average molecular weight is 582 g/mol. The van der Waals surface area contributed by atoms with Gasteiger partial charge >= 0.3 is 0 Å². The van der Waals surface area contributed by atoms with E-state index in [1.165, 1.54) is 17.0 Å². The lowest BCUT2D eigenvalue weighted by Crippen LogP contribution is -2.53. The van der Waals surface area contributed by atoms with E-state index in [-0.39, 0.29) is 23.4 Å². The van der Waals surface area contributed by atoms with Crippen LogP contribution in [0.25, 0.3) is 0 Å². The molecule has 0 bridgehead atoms. The smallest absolute Gasteiger partial charge is 0.264 e. The number of hydrogen-bond donors (Lipinski definition) is 1. The second kappa shape index (κ2) is 13.3. The summed E-state index contributed by atoms with van der Waals surface area (Å²) in [6.07, 6.45) is 5.10. The normalized spacial score (nSPS) is 14.8. The van der Waals surface area contributed by atoms with Crippen molar-refractivity contribution in [2.24, 2.45) is 0 Å². The summed E-state index contributed by atoms with van der Waals surface area (Å²) in [5.74, 6) is -0.769. The lowest BCUT2D eigenvalue weighted by atomic mass is 9.95. The fourth-order valence-corrected chi connectivity index (χ4v) is 6.73. The number of aryl methyl sites for hydroxylation is 1. The Kier molecular flexibility index (Phi) is 9.87. The number of halogens is 1. The van der Waals surface area contributed by atoms with Gasteiger partial charge in [0.25, 0.3) is 10.0 Å². The summed E-state index contributed by atoms with van der Waals surface area (Å²) in [6, 6.07) is 21.4. The monoisotopic (exact) mass is 581 g/mol. The van der Waals surface area contributed by atoms with Gasteiger partial charge in [-0.3, -0.25) is 13.9 Å². The Hall–Kier alpha value is -3.36. The summed E-state index contributed by atoms with van der Waals surface area (Å²) in [5.41, 5.74) is 1.77. The zero-order valence-electron chi connectivity index (χ0n) is 22.9. The Morgan fingerprint density at radius 3 is 2.23 bits per heavy atom.